The summed E-state index contributed by atoms with van der Waals surface area (Å²) in [6, 6.07) is 21.4. The van der Waals surface area contributed by atoms with Gasteiger partial charge in [-0.3, -0.25) is 9.59 Å². The van der Waals surface area contributed by atoms with Crippen LogP contribution in [0, 0.1) is 0 Å². The van der Waals surface area contributed by atoms with E-state index in [9.17, 15) is 9.59 Å². The SMILES string of the molecule is O=C1S/C(=C\c2cccc(OCc3ccccc3Cl)c2)C(=O)N1c1ccc(Cl)cc1. The van der Waals surface area contributed by atoms with Gasteiger partial charge in [-0.2, -0.15) is 0 Å². The molecule has 4 rings (SSSR count). The van der Waals surface area contributed by atoms with Crippen LogP contribution in [-0.2, 0) is 11.4 Å². The fraction of sp³-hybridized carbons (Fsp3) is 0.0435. The normalized spacial score (nSPS) is 15.1. The van der Waals surface area contributed by atoms with Crippen molar-refractivity contribution in [2.45, 2.75) is 6.61 Å². The van der Waals surface area contributed by atoms with Crippen molar-refractivity contribution in [3.63, 3.8) is 0 Å². The van der Waals surface area contributed by atoms with Gasteiger partial charge in [-0.25, -0.2) is 4.90 Å². The maximum Gasteiger partial charge on any atom is 0.298 e. The topological polar surface area (TPSA) is 46.6 Å². The molecule has 150 valence electrons. The van der Waals surface area contributed by atoms with E-state index >= 15 is 0 Å². The molecule has 30 heavy (non-hydrogen) atoms. The monoisotopic (exact) mass is 455 g/mol. The van der Waals surface area contributed by atoms with E-state index in [1.807, 2.05) is 48.5 Å². The zero-order chi connectivity index (χ0) is 21.1. The van der Waals surface area contributed by atoms with Crippen molar-refractivity contribution in [2.24, 2.45) is 0 Å². The molecule has 1 fully saturated rings. The Balaban J connectivity index is 1.51. The average molecular weight is 456 g/mol. The molecule has 0 aromatic heterocycles. The molecule has 3 aromatic carbocycles. The number of carbonyl (C=O) groups is 2. The molecule has 0 unspecified atom stereocenters. The lowest BCUT2D eigenvalue weighted by molar-refractivity contribution is -0.113. The second-order valence-electron chi connectivity index (χ2n) is 6.45. The molecule has 1 heterocycles. The van der Waals surface area contributed by atoms with E-state index in [0.29, 0.717) is 33.0 Å². The molecule has 0 N–H and O–H groups in total. The highest BCUT2D eigenvalue weighted by molar-refractivity contribution is 8.19. The lowest BCUT2D eigenvalue weighted by Crippen LogP contribution is -2.27. The zero-order valence-corrected chi connectivity index (χ0v) is 17.9. The molecule has 0 spiro atoms. The van der Waals surface area contributed by atoms with Crippen molar-refractivity contribution in [3.05, 3.63) is 98.9 Å². The van der Waals surface area contributed by atoms with Gasteiger partial charge < -0.3 is 4.74 Å². The van der Waals surface area contributed by atoms with Crippen LogP contribution in [0.15, 0.2) is 77.7 Å². The van der Waals surface area contributed by atoms with Crippen LogP contribution < -0.4 is 9.64 Å². The summed E-state index contributed by atoms with van der Waals surface area (Å²) in [5, 5.41) is 0.832. The highest BCUT2D eigenvalue weighted by Gasteiger charge is 2.36. The van der Waals surface area contributed by atoms with Crippen molar-refractivity contribution >= 4 is 57.9 Å². The second-order valence-corrected chi connectivity index (χ2v) is 8.28. The summed E-state index contributed by atoms with van der Waals surface area (Å²) in [6.45, 7) is 0.330. The van der Waals surface area contributed by atoms with Gasteiger partial charge in [0.05, 0.1) is 10.6 Å². The summed E-state index contributed by atoms with van der Waals surface area (Å²) in [4.78, 5) is 26.7. The van der Waals surface area contributed by atoms with E-state index in [1.54, 1.807) is 30.3 Å². The molecule has 1 aliphatic heterocycles. The predicted octanol–water partition coefficient (Wildman–Crippen LogP) is 6.81. The first-order valence-electron chi connectivity index (χ1n) is 9.01. The Morgan fingerprint density at radius 1 is 0.933 bits per heavy atom. The zero-order valence-electron chi connectivity index (χ0n) is 15.5. The Kier molecular flexibility index (Phi) is 6.13. The third kappa shape index (κ3) is 4.54. The second kappa shape index (κ2) is 8.96. The number of carbonyl (C=O) groups excluding carboxylic acids is 2. The van der Waals surface area contributed by atoms with Gasteiger partial charge in [0, 0.05) is 15.6 Å². The minimum absolute atomic E-state index is 0.330. The highest BCUT2D eigenvalue weighted by atomic mass is 35.5. The van der Waals surface area contributed by atoms with E-state index in [2.05, 4.69) is 0 Å². The van der Waals surface area contributed by atoms with E-state index in [0.717, 1.165) is 27.8 Å². The number of hydrogen-bond donors (Lipinski definition) is 0. The van der Waals surface area contributed by atoms with Gasteiger partial charge in [0.1, 0.15) is 12.4 Å². The first kappa shape index (κ1) is 20.5. The minimum Gasteiger partial charge on any atom is -0.489 e. The van der Waals surface area contributed by atoms with Crippen LogP contribution in [0.3, 0.4) is 0 Å². The van der Waals surface area contributed by atoms with Crippen molar-refractivity contribution in [1.82, 2.24) is 0 Å². The van der Waals surface area contributed by atoms with Crippen molar-refractivity contribution in [2.75, 3.05) is 4.90 Å². The van der Waals surface area contributed by atoms with Gasteiger partial charge >= 0.3 is 0 Å². The number of anilines is 1. The maximum absolute atomic E-state index is 12.8. The molecule has 1 saturated heterocycles. The summed E-state index contributed by atoms with van der Waals surface area (Å²) in [5.74, 6) is 0.273. The van der Waals surface area contributed by atoms with Gasteiger partial charge in [-0.15, -0.1) is 0 Å². The van der Waals surface area contributed by atoms with Crippen LogP contribution in [0.25, 0.3) is 6.08 Å². The molecular formula is C23H15Cl2NO3S. The van der Waals surface area contributed by atoms with Gasteiger partial charge in [0.15, 0.2) is 0 Å². The van der Waals surface area contributed by atoms with Gasteiger partial charge in [0.25, 0.3) is 11.1 Å². The van der Waals surface area contributed by atoms with Gasteiger partial charge in [-0.1, -0.05) is 53.5 Å². The number of ether oxygens (including phenoxy) is 1. The smallest absolute Gasteiger partial charge is 0.298 e. The quantitative estimate of drug-likeness (QED) is 0.396. The fourth-order valence-corrected chi connectivity index (χ4v) is 4.06. The third-order valence-electron chi connectivity index (χ3n) is 4.39. The van der Waals surface area contributed by atoms with Crippen LogP contribution in [0.1, 0.15) is 11.1 Å². The number of rotatable bonds is 5. The van der Waals surface area contributed by atoms with Crippen molar-refractivity contribution < 1.29 is 14.3 Å². The Hall–Kier alpha value is -2.73. The number of thioether (sulfide) groups is 1. The molecule has 0 saturated carbocycles. The van der Waals surface area contributed by atoms with Crippen molar-refractivity contribution in [3.8, 4) is 5.75 Å². The molecular weight excluding hydrogens is 441 g/mol. The number of hydrogen-bond acceptors (Lipinski definition) is 4. The Morgan fingerprint density at radius 3 is 2.47 bits per heavy atom. The number of amides is 2. The molecule has 1 aliphatic rings. The first-order valence-corrected chi connectivity index (χ1v) is 10.6. The fourth-order valence-electron chi connectivity index (χ4n) is 2.90. The van der Waals surface area contributed by atoms with E-state index < -0.39 is 0 Å². The summed E-state index contributed by atoms with van der Waals surface area (Å²) in [7, 11) is 0. The van der Waals surface area contributed by atoms with Crippen LogP contribution in [0.2, 0.25) is 10.0 Å². The lowest BCUT2D eigenvalue weighted by atomic mass is 10.2. The summed E-state index contributed by atoms with van der Waals surface area (Å²) in [6.07, 6.45) is 1.68. The molecule has 0 aliphatic carbocycles. The Bertz CT molecular complexity index is 1150. The van der Waals surface area contributed by atoms with Crippen LogP contribution in [-0.4, -0.2) is 11.1 Å². The van der Waals surface area contributed by atoms with Crippen molar-refractivity contribution in [1.29, 1.82) is 0 Å². The summed E-state index contributed by atoms with van der Waals surface area (Å²) >= 11 is 13.0. The molecule has 7 heteroatoms. The molecule has 4 nitrogen and oxygen atoms in total. The third-order valence-corrected chi connectivity index (χ3v) is 5.88. The van der Waals surface area contributed by atoms with Gasteiger partial charge in [0.2, 0.25) is 0 Å². The Labute approximate surface area is 188 Å². The van der Waals surface area contributed by atoms with Crippen LogP contribution in [0.5, 0.6) is 5.75 Å². The molecule has 0 bridgehead atoms. The molecule has 2 amide bonds. The first-order chi connectivity index (χ1) is 14.5. The highest BCUT2D eigenvalue weighted by Crippen LogP contribution is 2.36. The average Bonchev–Trinajstić information content (AvgIpc) is 3.01. The Morgan fingerprint density at radius 2 is 1.70 bits per heavy atom. The lowest BCUT2D eigenvalue weighted by Gasteiger charge is -2.12. The summed E-state index contributed by atoms with van der Waals surface area (Å²) in [5.41, 5.74) is 2.13. The number of benzene rings is 3. The largest absolute Gasteiger partial charge is 0.489 e. The predicted molar refractivity (Wildman–Crippen MR) is 122 cm³/mol. The van der Waals surface area contributed by atoms with E-state index in [4.69, 9.17) is 27.9 Å². The number of halogens is 2. The standard InChI is InChI=1S/C23H15Cl2NO3S/c24-17-8-10-18(11-9-17)26-22(27)21(30-23(26)28)13-15-4-3-6-19(12-15)29-14-16-5-1-2-7-20(16)25/h1-13H,14H2/b21-13-. The molecule has 3 aromatic rings. The van der Waals surface area contributed by atoms with E-state index in [1.165, 1.54) is 0 Å². The maximum atomic E-state index is 12.8. The van der Waals surface area contributed by atoms with Gasteiger partial charge in [-0.05, 0) is 65.9 Å². The number of imide groups is 1. The van der Waals surface area contributed by atoms with Crippen LogP contribution >= 0.6 is 35.0 Å². The number of nitrogens with zero attached hydrogens (tertiary/aromatic N) is 1. The molecule has 0 atom stereocenters. The van der Waals surface area contributed by atoms with E-state index in [-0.39, 0.29) is 11.1 Å². The van der Waals surface area contributed by atoms with Crippen LogP contribution in [0.4, 0.5) is 10.5 Å². The summed E-state index contributed by atoms with van der Waals surface area (Å²) < 4.78 is 5.83. The minimum atomic E-state index is -0.366. The molecule has 0 radical (unpaired) electrons.